The van der Waals surface area contributed by atoms with Crippen LogP contribution in [0.5, 0.6) is 5.75 Å². The van der Waals surface area contributed by atoms with Crippen molar-refractivity contribution in [3.05, 3.63) is 45.4 Å². The summed E-state index contributed by atoms with van der Waals surface area (Å²) in [6.07, 6.45) is 0.575. The first-order valence-electron chi connectivity index (χ1n) is 5.97. The van der Waals surface area contributed by atoms with Crippen LogP contribution >= 0.6 is 11.3 Å². The topological polar surface area (TPSA) is 68.7 Å². The zero-order chi connectivity index (χ0) is 14.5. The van der Waals surface area contributed by atoms with Crippen LogP contribution in [-0.4, -0.2) is 30.3 Å². The van der Waals surface area contributed by atoms with E-state index < -0.39 is 5.97 Å². The summed E-state index contributed by atoms with van der Waals surface area (Å²) in [6.45, 7) is 0.205. The van der Waals surface area contributed by atoms with Crippen LogP contribution in [0, 0.1) is 0 Å². The minimum atomic E-state index is -0.966. The lowest BCUT2D eigenvalue weighted by Crippen LogP contribution is -1.99. The lowest BCUT2D eigenvalue weighted by molar-refractivity contribution is 0.0697. The number of benzene rings is 1. The molecule has 20 heavy (non-hydrogen) atoms. The Morgan fingerprint density at radius 1 is 1.40 bits per heavy atom. The number of carbonyl (C=O) groups is 1. The molecule has 1 aromatic heterocycles. The molecule has 1 N–H and O–H groups in total. The van der Waals surface area contributed by atoms with Gasteiger partial charge in [-0.15, -0.1) is 11.3 Å². The fourth-order valence-corrected chi connectivity index (χ4v) is 2.78. The van der Waals surface area contributed by atoms with Crippen molar-refractivity contribution in [2.75, 3.05) is 14.2 Å². The van der Waals surface area contributed by atoms with Gasteiger partial charge in [-0.2, -0.15) is 0 Å². The second-order valence-electron chi connectivity index (χ2n) is 4.15. The molecule has 6 heteroatoms. The highest BCUT2D eigenvalue weighted by Gasteiger charge is 2.17. The number of aromatic carboxylic acids is 1. The van der Waals surface area contributed by atoms with Crippen molar-refractivity contribution < 1.29 is 19.4 Å². The zero-order valence-electron chi connectivity index (χ0n) is 11.3. The minimum absolute atomic E-state index is 0.205. The van der Waals surface area contributed by atoms with Gasteiger partial charge in [-0.25, -0.2) is 9.78 Å². The monoisotopic (exact) mass is 293 g/mol. The molecule has 1 heterocycles. The van der Waals surface area contributed by atoms with Crippen LogP contribution in [0.25, 0.3) is 0 Å². The molecule has 2 rings (SSSR count). The molecule has 0 spiro atoms. The quantitative estimate of drug-likeness (QED) is 0.886. The van der Waals surface area contributed by atoms with E-state index in [2.05, 4.69) is 4.98 Å². The van der Waals surface area contributed by atoms with Crippen LogP contribution in [0.15, 0.2) is 24.3 Å². The maximum absolute atomic E-state index is 11.2. The molecule has 0 atom stereocenters. The summed E-state index contributed by atoms with van der Waals surface area (Å²) < 4.78 is 10.1. The first kappa shape index (κ1) is 14.5. The molecule has 2 aromatic rings. The number of methoxy groups -OCH3 is 2. The first-order valence-corrected chi connectivity index (χ1v) is 6.79. The highest BCUT2D eigenvalue weighted by atomic mass is 32.1. The van der Waals surface area contributed by atoms with Crippen LogP contribution < -0.4 is 4.74 Å². The summed E-state index contributed by atoms with van der Waals surface area (Å²) in [7, 11) is 3.13. The van der Waals surface area contributed by atoms with Crippen molar-refractivity contribution in [1.82, 2.24) is 4.98 Å². The highest BCUT2D eigenvalue weighted by molar-refractivity contribution is 7.13. The predicted molar refractivity (Wildman–Crippen MR) is 75.6 cm³/mol. The number of hydrogen-bond donors (Lipinski definition) is 1. The number of carboxylic acid groups (broad SMARTS) is 1. The molecule has 0 amide bonds. The van der Waals surface area contributed by atoms with Gasteiger partial charge in [0, 0.05) is 13.5 Å². The van der Waals surface area contributed by atoms with Crippen LogP contribution in [-0.2, 0) is 17.8 Å². The second-order valence-corrected chi connectivity index (χ2v) is 5.23. The number of nitrogens with zero attached hydrogens (tertiary/aromatic N) is 1. The van der Waals surface area contributed by atoms with E-state index in [9.17, 15) is 4.79 Å². The van der Waals surface area contributed by atoms with Crippen molar-refractivity contribution in [3.63, 3.8) is 0 Å². The average Bonchev–Trinajstić information content (AvgIpc) is 2.82. The molecule has 0 bridgehead atoms. The Labute approximate surface area is 120 Å². The third-order valence-corrected chi connectivity index (χ3v) is 3.79. The Balaban J connectivity index is 2.24. The number of rotatable bonds is 6. The normalized spacial score (nSPS) is 10.5. The third kappa shape index (κ3) is 3.34. The van der Waals surface area contributed by atoms with Crippen molar-refractivity contribution in [1.29, 1.82) is 0 Å². The third-order valence-electron chi connectivity index (χ3n) is 2.71. The van der Waals surface area contributed by atoms with E-state index in [1.54, 1.807) is 7.11 Å². The fraction of sp³-hybridized carbons (Fsp3) is 0.286. The van der Waals surface area contributed by atoms with E-state index >= 15 is 0 Å². The lowest BCUT2D eigenvalue weighted by Gasteiger charge is -2.02. The van der Waals surface area contributed by atoms with E-state index in [4.69, 9.17) is 14.6 Å². The van der Waals surface area contributed by atoms with Crippen LogP contribution in [0.2, 0.25) is 0 Å². The van der Waals surface area contributed by atoms with Crippen LogP contribution in [0.4, 0.5) is 0 Å². The molecular weight excluding hydrogens is 278 g/mol. The van der Waals surface area contributed by atoms with E-state index in [1.165, 1.54) is 18.4 Å². The summed E-state index contributed by atoms with van der Waals surface area (Å²) >= 11 is 1.18. The van der Waals surface area contributed by atoms with Gasteiger partial charge in [-0.3, -0.25) is 0 Å². The van der Waals surface area contributed by atoms with Gasteiger partial charge in [0.15, 0.2) is 0 Å². The number of carboxylic acids is 1. The first-order chi connectivity index (χ1) is 9.63. The SMILES string of the molecule is COCc1nc(Cc2cccc(OC)c2)sc1C(=O)O. The maximum atomic E-state index is 11.2. The number of hydrogen-bond acceptors (Lipinski definition) is 5. The molecule has 0 aliphatic heterocycles. The Hall–Kier alpha value is -1.92. The molecule has 0 fully saturated rings. The van der Waals surface area contributed by atoms with Gasteiger partial charge in [-0.05, 0) is 17.7 Å². The molecule has 0 aliphatic rings. The summed E-state index contributed by atoms with van der Waals surface area (Å²) in [5, 5.41) is 9.90. The number of thiazole rings is 1. The van der Waals surface area contributed by atoms with Crippen molar-refractivity contribution in [2.45, 2.75) is 13.0 Å². The van der Waals surface area contributed by atoms with Crippen molar-refractivity contribution in [3.8, 4) is 5.75 Å². The standard InChI is InChI=1S/C14H15NO4S/c1-18-8-11-13(14(16)17)20-12(15-11)7-9-4-3-5-10(6-9)19-2/h3-6H,7-8H2,1-2H3,(H,16,17). The van der Waals surface area contributed by atoms with Gasteiger partial charge in [0.05, 0.1) is 24.4 Å². The van der Waals surface area contributed by atoms with Gasteiger partial charge in [0.2, 0.25) is 0 Å². The van der Waals surface area contributed by atoms with E-state index in [0.29, 0.717) is 12.1 Å². The second kappa shape index (κ2) is 6.49. The predicted octanol–water partition coefficient (Wildman–Crippen LogP) is 2.59. The molecule has 5 nitrogen and oxygen atoms in total. The Kier molecular flexibility index (Phi) is 4.70. The van der Waals surface area contributed by atoms with Crippen LogP contribution in [0.3, 0.4) is 0 Å². The van der Waals surface area contributed by atoms with Gasteiger partial charge < -0.3 is 14.6 Å². The Bertz CT molecular complexity index is 609. The fourth-order valence-electron chi connectivity index (χ4n) is 1.84. The number of aromatic nitrogens is 1. The molecule has 106 valence electrons. The average molecular weight is 293 g/mol. The minimum Gasteiger partial charge on any atom is -0.497 e. The van der Waals surface area contributed by atoms with Crippen LogP contribution in [0.1, 0.15) is 25.9 Å². The maximum Gasteiger partial charge on any atom is 0.347 e. The molecule has 0 saturated heterocycles. The van der Waals surface area contributed by atoms with Crippen molar-refractivity contribution >= 4 is 17.3 Å². The Morgan fingerprint density at radius 3 is 2.85 bits per heavy atom. The summed E-state index contributed by atoms with van der Waals surface area (Å²) in [5.41, 5.74) is 1.50. The molecule has 0 unspecified atom stereocenters. The summed E-state index contributed by atoms with van der Waals surface area (Å²) in [4.78, 5) is 15.7. The summed E-state index contributed by atoms with van der Waals surface area (Å²) in [6, 6.07) is 7.64. The van der Waals surface area contributed by atoms with Gasteiger partial charge in [0.25, 0.3) is 0 Å². The largest absolute Gasteiger partial charge is 0.497 e. The van der Waals surface area contributed by atoms with Gasteiger partial charge >= 0.3 is 5.97 Å². The van der Waals surface area contributed by atoms with E-state index in [1.807, 2.05) is 24.3 Å². The molecule has 0 saturated carbocycles. The molecule has 0 radical (unpaired) electrons. The van der Waals surface area contributed by atoms with Gasteiger partial charge in [-0.1, -0.05) is 12.1 Å². The summed E-state index contributed by atoms with van der Waals surface area (Å²) in [5.74, 6) is -0.193. The van der Waals surface area contributed by atoms with Gasteiger partial charge in [0.1, 0.15) is 10.6 Å². The molecule has 1 aromatic carbocycles. The Morgan fingerprint density at radius 2 is 2.20 bits per heavy atom. The molecule has 0 aliphatic carbocycles. The highest BCUT2D eigenvalue weighted by Crippen LogP contribution is 2.23. The smallest absolute Gasteiger partial charge is 0.347 e. The van der Waals surface area contributed by atoms with E-state index in [0.717, 1.165) is 16.3 Å². The number of ether oxygens (including phenoxy) is 2. The molecular formula is C14H15NO4S. The zero-order valence-corrected chi connectivity index (χ0v) is 12.1. The lowest BCUT2D eigenvalue weighted by atomic mass is 10.1. The van der Waals surface area contributed by atoms with E-state index in [-0.39, 0.29) is 11.5 Å². The van der Waals surface area contributed by atoms with Crippen molar-refractivity contribution in [2.24, 2.45) is 0 Å².